The molecular weight excluding hydrogens is 525 g/mol. The van der Waals surface area contributed by atoms with Gasteiger partial charge in [0, 0.05) is 32.7 Å². The summed E-state index contributed by atoms with van der Waals surface area (Å²) in [6.07, 6.45) is 12.5. The van der Waals surface area contributed by atoms with Gasteiger partial charge in [0.05, 0.1) is 0 Å². The zero-order valence-electron chi connectivity index (χ0n) is 26.2. The van der Waals surface area contributed by atoms with E-state index < -0.39 is 12.7 Å². The maximum Gasteiger partial charge on any atom is 0.405 e. The summed E-state index contributed by atoms with van der Waals surface area (Å²) in [6.45, 7) is 20.9. The standard InChI is InChI=1S/C17H18ClF3N6.5C2H6.C2H2/c1-11-12(5-4-7-25(2)10-17(19,20)21)9-27-13(11)14(18)23-15(24-27)16-22-6-8-26(16)3;6*1-2/h4,6-9H,5,10H2,1-3H3;5*1-2H3;1-2H/b7-4-;;;;;;. The number of fused-ring (bicyclic) bond motifs is 1. The van der Waals surface area contributed by atoms with Gasteiger partial charge in [0.15, 0.2) is 11.0 Å². The lowest BCUT2D eigenvalue weighted by Gasteiger charge is -2.15. The van der Waals surface area contributed by atoms with Crippen LogP contribution in [0.1, 0.15) is 80.4 Å². The summed E-state index contributed by atoms with van der Waals surface area (Å²) < 4.78 is 40.5. The smallest absolute Gasteiger partial charge is 0.372 e. The SMILES string of the molecule is C#C.CC.CC.CC.CC.CC.Cc1c(C/C=C\N(C)CC(F)(F)F)cn2nc(-c3nccn3C)nc(Cl)c12. The molecule has 0 aromatic carbocycles. The number of imidazole rings is 1. The second kappa shape index (κ2) is 25.3. The number of allylic oxidation sites excluding steroid dienone is 1. The summed E-state index contributed by atoms with van der Waals surface area (Å²) in [5, 5.41) is 4.76. The minimum Gasteiger partial charge on any atom is -0.372 e. The van der Waals surface area contributed by atoms with E-state index in [1.165, 1.54) is 13.2 Å². The molecular formula is C29H50ClF3N6. The Labute approximate surface area is 240 Å². The first-order valence-electron chi connectivity index (χ1n) is 13.4. The average Bonchev–Trinajstić information content (AvgIpc) is 3.52. The van der Waals surface area contributed by atoms with E-state index >= 15 is 0 Å². The lowest BCUT2D eigenvalue weighted by Crippen LogP contribution is -2.26. The number of aromatic nitrogens is 5. The number of nitrogens with zero attached hydrogens (tertiary/aromatic N) is 6. The maximum absolute atomic E-state index is 12.4. The van der Waals surface area contributed by atoms with Gasteiger partial charge in [-0.3, -0.25) is 0 Å². The molecule has 0 amide bonds. The molecule has 0 radical (unpaired) electrons. The molecule has 10 heteroatoms. The van der Waals surface area contributed by atoms with Crippen LogP contribution in [0.2, 0.25) is 5.15 Å². The van der Waals surface area contributed by atoms with Gasteiger partial charge in [-0.15, -0.1) is 17.9 Å². The number of terminal acetylenes is 1. The fraction of sp³-hybridized carbons (Fsp3) is 0.552. The highest BCUT2D eigenvalue weighted by Gasteiger charge is 2.28. The Morgan fingerprint density at radius 3 is 1.95 bits per heavy atom. The highest BCUT2D eigenvalue weighted by molar-refractivity contribution is 6.32. The van der Waals surface area contributed by atoms with Crippen molar-refractivity contribution in [2.24, 2.45) is 7.05 Å². The van der Waals surface area contributed by atoms with Crippen LogP contribution < -0.4 is 0 Å². The summed E-state index contributed by atoms with van der Waals surface area (Å²) in [7, 11) is 3.22. The Morgan fingerprint density at radius 1 is 1.00 bits per heavy atom. The first kappa shape index (κ1) is 43.1. The first-order chi connectivity index (χ1) is 18.7. The van der Waals surface area contributed by atoms with E-state index in [0.717, 1.165) is 16.0 Å². The third-order valence-corrected chi connectivity index (χ3v) is 4.36. The van der Waals surface area contributed by atoms with Crippen LogP contribution in [0.25, 0.3) is 17.2 Å². The molecule has 0 fully saturated rings. The molecule has 3 heterocycles. The molecule has 0 unspecified atom stereocenters. The molecule has 0 saturated heterocycles. The van der Waals surface area contributed by atoms with Gasteiger partial charge in [-0.2, -0.15) is 13.2 Å². The highest BCUT2D eigenvalue weighted by Crippen LogP contribution is 2.26. The molecule has 3 rings (SSSR count). The van der Waals surface area contributed by atoms with Crippen molar-refractivity contribution in [2.45, 2.75) is 88.8 Å². The fourth-order valence-electron chi connectivity index (χ4n) is 2.81. The second-order valence-corrected chi connectivity index (χ2v) is 6.64. The monoisotopic (exact) mass is 574 g/mol. The molecule has 0 N–H and O–H groups in total. The van der Waals surface area contributed by atoms with Crippen molar-refractivity contribution in [2.75, 3.05) is 13.6 Å². The summed E-state index contributed by atoms with van der Waals surface area (Å²) in [5.74, 6) is 0.974. The van der Waals surface area contributed by atoms with Gasteiger partial charge in [0.2, 0.25) is 5.82 Å². The molecule has 0 bridgehead atoms. The van der Waals surface area contributed by atoms with Crippen molar-refractivity contribution in [3.05, 3.63) is 47.1 Å². The Balaban J connectivity index is -0.000000451. The Bertz CT molecular complexity index is 1040. The van der Waals surface area contributed by atoms with Crippen molar-refractivity contribution in [3.8, 4) is 24.5 Å². The summed E-state index contributed by atoms with van der Waals surface area (Å²) in [4.78, 5) is 9.64. The van der Waals surface area contributed by atoms with Gasteiger partial charge < -0.3 is 9.47 Å². The van der Waals surface area contributed by atoms with E-state index in [1.54, 1.807) is 33.7 Å². The highest BCUT2D eigenvalue weighted by atomic mass is 35.5. The molecule has 3 aromatic heterocycles. The Hall–Kier alpha value is -2.99. The Kier molecular flexibility index (Phi) is 27.9. The number of hydrogen-bond acceptors (Lipinski definition) is 4. The van der Waals surface area contributed by atoms with Crippen molar-refractivity contribution in [1.29, 1.82) is 0 Å². The van der Waals surface area contributed by atoms with Gasteiger partial charge in [0.1, 0.15) is 12.1 Å². The maximum atomic E-state index is 12.4. The lowest BCUT2D eigenvalue weighted by molar-refractivity contribution is -0.138. The first-order valence-corrected chi connectivity index (χ1v) is 13.8. The fourth-order valence-corrected chi connectivity index (χ4v) is 3.12. The van der Waals surface area contributed by atoms with Gasteiger partial charge >= 0.3 is 6.18 Å². The predicted octanol–water partition coefficient (Wildman–Crippen LogP) is 9.02. The Morgan fingerprint density at radius 2 is 1.51 bits per heavy atom. The van der Waals surface area contributed by atoms with E-state index in [1.807, 2.05) is 83.2 Å². The van der Waals surface area contributed by atoms with Crippen LogP contribution in [-0.2, 0) is 13.5 Å². The minimum atomic E-state index is -4.23. The number of rotatable bonds is 5. The van der Waals surface area contributed by atoms with E-state index in [4.69, 9.17) is 11.6 Å². The number of hydrogen-bond donors (Lipinski definition) is 0. The third kappa shape index (κ3) is 15.3. The summed E-state index contributed by atoms with van der Waals surface area (Å²) in [6, 6.07) is 0. The average molecular weight is 575 g/mol. The summed E-state index contributed by atoms with van der Waals surface area (Å²) >= 11 is 6.35. The van der Waals surface area contributed by atoms with Gasteiger partial charge in [-0.1, -0.05) is 86.9 Å². The normalized spacial score (nSPS) is 9.41. The number of halogens is 4. The molecule has 3 aromatic rings. The van der Waals surface area contributed by atoms with Crippen molar-refractivity contribution in [3.63, 3.8) is 0 Å². The summed E-state index contributed by atoms with van der Waals surface area (Å²) in [5.41, 5.74) is 2.45. The largest absolute Gasteiger partial charge is 0.405 e. The van der Waals surface area contributed by atoms with E-state index in [9.17, 15) is 13.2 Å². The molecule has 0 spiro atoms. The van der Waals surface area contributed by atoms with Crippen LogP contribution in [-0.4, -0.2) is 48.8 Å². The molecule has 0 saturated carbocycles. The van der Waals surface area contributed by atoms with Crippen molar-refractivity contribution < 1.29 is 13.2 Å². The predicted molar refractivity (Wildman–Crippen MR) is 163 cm³/mol. The van der Waals surface area contributed by atoms with E-state index in [2.05, 4.69) is 27.9 Å². The zero-order valence-corrected chi connectivity index (χ0v) is 26.9. The van der Waals surface area contributed by atoms with Crippen LogP contribution in [0.5, 0.6) is 0 Å². The van der Waals surface area contributed by atoms with E-state index in [-0.39, 0.29) is 0 Å². The number of alkyl halides is 3. The van der Waals surface area contributed by atoms with Crippen LogP contribution in [0.4, 0.5) is 13.2 Å². The molecule has 6 nitrogen and oxygen atoms in total. The lowest BCUT2D eigenvalue weighted by atomic mass is 10.1. The van der Waals surface area contributed by atoms with Crippen LogP contribution in [0.3, 0.4) is 0 Å². The molecule has 224 valence electrons. The van der Waals surface area contributed by atoms with Crippen LogP contribution in [0.15, 0.2) is 30.9 Å². The molecule has 0 atom stereocenters. The van der Waals surface area contributed by atoms with Gasteiger partial charge in [-0.25, -0.2) is 14.5 Å². The topological polar surface area (TPSA) is 51.2 Å². The van der Waals surface area contributed by atoms with Gasteiger partial charge in [-0.05, 0) is 30.7 Å². The quantitative estimate of drug-likeness (QED) is 0.285. The van der Waals surface area contributed by atoms with E-state index in [0.29, 0.717) is 28.7 Å². The number of aryl methyl sites for hydroxylation is 2. The van der Waals surface area contributed by atoms with Crippen LogP contribution >= 0.6 is 11.6 Å². The molecule has 0 aliphatic carbocycles. The molecule has 0 aliphatic heterocycles. The van der Waals surface area contributed by atoms with Crippen molar-refractivity contribution >= 4 is 17.1 Å². The third-order valence-electron chi connectivity index (χ3n) is 4.09. The molecule has 0 aliphatic rings. The second-order valence-electron chi connectivity index (χ2n) is 6.28. The zero-order chi connectivity index (χ0) is 31.8. The molecule has 39 heavy (non-hydrogen) atoms. The van der Waals surface area contributed by atoms with Crippen molar-refractivity contribution in [1.82, 2.24) is 29.0 Å². The van der Waals surface area contributed by atoms with Gasteiger partial charge in [0.25, 0.3) is 0 Å². The minimum absolute atomic E-state index is 0.296. The van der Waals surface area contributed by atoms with Crippen LogP contribution in [0, 0.1) is 19.8 Å².